The quantitative estimate of drug-likeness (QED) is 0.582. The Morgan fingerprint density at radius 2 is 2.04 bits per heavy atom. The van der Waals surface area contributed by atoms with E-state index in [-0.39, 0.29) is 17.9 Å². The van der Waals surface area contributed by atoms with Gasteiger partial charge in [-0.3, -0.25) is 10.0 Å². The Bertz CT molecular complexity index is 939. The highest BCUT2D eigenvalue weighted by molar-refractivity contribution is 5.99. The number of hydroxylamine groups is 1. The van der Waals surface area contributed by atoms with Gasteiger partial charge in [0.05, 0.1) is 17.7 Å². The van der Waals surface area contributed by atoms with E-state index in [0.29, 0.717) is 22.7 Å². The molecule has 0 aromatic heterocycles. The average molecular weight is 351 g/mol. The highest BCUT2D eigenvalue weighted by Gasteiger charge is 2.51. The summed E-state index contributed by atoms with van der Waals surface area (Å²) in [6, 6.07) is 14.2. The van der Waals surface area contributed by atoms with Gasteiger partial charge >= 0.3 is 0 Å². The Balaban J connectivity index is 1.65. The Morgan fingerprint density at radius 1 is 1.27 bits per heavy atom. The van der Waals surface area contributed by atoms with Gasteiger partial charge in [-0.05, 0) is 37.3 Å². The second-order valence-electron chi connectivity index (χ2n) is 6.36. The molecule has 0 aliphatic carbocycles. The highest BCUT2D eigenvalue weighted by atomic mass is 16.5. The summed E-state index contributed by atoms with van der Waals surface area (Å²) in [5.74, 6) is 0.261. The maximum absolute atomic E-state index is 11.7. The third-order valence-corrected chi connectivity index (χ3v) is 4.70. The molecule has 0 fully saturated rings. The average Bonchev–Trinajstić information content (AvgIpc) is 2.70. The van der Waals surface area contributed by atoms with Crippen LogP contribution in [0, 0.1) is 0 Å². The van der Waals surface area contributed by atoms with Gasteiger partial charge in [0, 0.05) is 11.1 Å². The molecule has 2 aromatic rings. The van der Waals surface area contributed by atoms with Crippen molar-refractivity contribution in [3.63, 3.8) is 0 Å². The van der Waals surface area contributed by atoms with Crippen molar-refractivity contribution in [3.05, 3.63) is 65.4 Å². The molecule has 0 saturated carbocycles. The molecule has 1 unspecified atom stereocenters. The number of amides is 1. The lowest BCUT2D eigenvalue weighted by atomic mass is 9.83. The lowest BCUT2D eigenvalue weighted by molar-refractivity contribution is 0.0706. The van der Waals surface area contributed by atoms with Gasteiger partial charge in [0.2, 0.25) is 0 Å². The van der Waals surface area contributed by atoms with Crippen LogP contribution in [0.2, 0.25) is 0 Å². The number of nitrogens with zero attached hydrogens (tertiary/aromatic N) is 2. The number of nitrogens with one attached hydrogen (secondary N) is 1. The van der Waals surface area contributed by atoms with E-state index < -0.39 is 11.4 Å². The first-order valence-corrected chi connectivity index (χ1v) is 8.08. The summed E-state index contributed by atoms with van der Waals surface area (Å²) in [6.45, 7) is 2.10. The summed E-state index contributed by atoms with van der Waals surface area (Å²) < 4.78 is 5.80. The number of aliphatic hydroxyl groups is 1. The number of fused-ring (bicyclic) bond motifs is 3. The van der Waals surface area contributed by atoms with Crippen molar-refractivity contribution in [3.8, 4) is 5.75 Å². The number of carbonyl (C=O) groups is 1. The topological polar surface area (TPSA) is 94.4 Å². The molecule has 7 heteroatoms. The van der Waals surface area contributed by atoms with E-state index in [2.05, 4.69) is 4.99 Å². The monoisotopic (exact) mass is 351 g/mol. The largest absolute Gasteiger partial charge is 0.507 e. The number of benzene rings is 2. The fraction of sp³-hybridized carbons (Fsp3) is 0.158. The molecule has 0 radical (unpaired) electrons. The van der Waals surface area contributed by atoms with Crippen molar-refractivity contribution in [2.45, 2.75) is 12.5 Å². The number of carbonyl (C=O) groups excluding carboxylic acids is 1. The summed E-state index contributed by atoms with van der Waals surface area (Å²) in [4.78, 5) is 17.9. The maximum atomic E-state index is 11.7. The van der Waals surface area contributed by atoms with E-state index in [9.17, 15) is 9.90 Å². The van der Waals surface area contributed by atoms with Gasteiger partial charge in [-0.15, -0.1) is 0 Å². The van der Waals surface area contributed by atoms with Gasteiger partial charge in [0.15, 0.2) is 0 Å². The Labute approximate surface area is 149 Å². The molecule has 1 atom stereocenters. The van der Waals surface area contributed by atoms with E-state index in [1.165, 1.54) is 0 Å². The number of aliphatic hydroxyl groups excluding tert-OH is 1. The zero-order valence-electron chi connectivity index (χ0n) is 14.0. The molecular weight excluding hydrogens is 334 g/mol. The lowest BCUT2D eigenvalue weighted by Crippen LogP contribution is -2.59. The minimum Gasteiger partial charge on any atom is -0.507 e. The molecule has 2 heterocycles. The van der Waals surface area contributed by atoms with Crippen LogP contribution in [0.1, 0.15) is 22.8 Å². The molecule has 26 heavy (non-hydrogen) atoms. The summed E-state index contributed by atoms with van der Waals surface area (Å²) in [6.07, 6.45) is 1.65. The SMILES string of the molecule is CC1(COc2ccccc2)C(O)=C2c3cc(C(=O)NO)ccc3N=CN21. The smallest absolute Gasteiger partial charge is 0.274 e. The molecule has 0 spiro atoms. The first kappa shape index (κ1) is 16.2. The van der Waals surface area contributed by atoms with Crippen LogP contribution in [0.4, 0.5) is 5.69 Å². The first-order valence-electron chi connectivity index (χ1n) is 8.08. The van der Waals surface area contributed by atoms with Gasteiger partial charge in [0.25, 0.3) is 5.91 Å². The summed E-state index contributed by atoms with van der Waals surface area (Å²) in [7, 11) is 0. The molecule has 7 nitrogen and oxygen atoms in total. The van der Waals surface area contributed by atoms with Crippen molar-refractivity contribution in [2.24, 2.45) is 4.99 Å². The van der Waals surface area contributed by atoms with Crippen LogP contribution in [0.5, 0.6) is 5.75 Å². The fourth-order valence-corrected chi connectivity index (χ4v) is 3.16. The van der Waals surface area contributed by atoms with Crippen LogP contribution in [-0.2, 0) is 0 Å². The molecule has 0 bridgehead atoms. The van der Waals surface area contributed by atoms with E-state index in [1.54, 1.807) is 30.0 Å². The summed E-state index contributed by atoms with van der Waals surface area (Å²) >= 11 is 0. The van der Waals surface area contributed by atoms with Crippen LogP contribution in [0.3, 0.4) is 0 Å². The van der Waals surface area contributed by atoms with E-state index in [4.69, 9.17) is 9.94 Å². The molecule has 0 saturated heterocycles. The Kier molecular flexibility index (Phi) is 3.66. The Morgan fingerprint density at radius 3 is 2.77 bits per heavy atom. The fourth-order valence-electron chi connectivity index (χ4n) is 3.16. The van der Waals surface area contributed by atoms with Crippen LogP contribution >= 0.6 is 0 Å². The predicted octanol–water partition coefficient (Wildman–Crippen LogP) is 2.86. The zero-order chi connectivity index (χ0) is 18.3. The third kappa shape index (κ3) is 2.33. The first-order chi connectivity index (χ1) is 12.5. The molecule has 3 N–H and O–H groups in total. The zero-order valence-corrected chi connectivity index (χ0v) is 14.0. The van der Waals surface area contributed by atoms with Crippen LogP contribution in [-0.4, -0.2) is 39.6 Å². The van der Waals surface area contributed by atoms with Crippen LogP contribution in [0.15, 0.2) is 59.3 Å². The van der Waals surface area contributed by atoms with Gasteiger partial charge in [-0.1, -0.05) is 18.2 Å². The van der Waals surface area contributed by atoms with Gasteiger partial charge in [-0.2, -0.15) is 0 Å². The number of aliphatic imine (C=N–C) groups is 1. The molecule has 2 aromatic carbocycles. The number of para-hydroxylation sites is 1. The third-order valence-electron chi connectivity index (χ3n) is 4.70. The standard InChI is InChI=1S/C19H17N3O4/c1-19(10-26-13-5-3-2-4-6-13)17(23)16-14-9-12(18(24)21-25)7-8-15(14)20-11-22(16)19/h2-9,11,23,25H,10H2,1H3,(H,21,24). The lowest BCUT2D eigenvalue weighted by Gasteiger charge is -2.50. The highest BCUT2D eigenvalue weighted by Crippen LogP contribution is 2.48. The molecule has 1 amide bonds. The number of hydrogen-bond acceptors (Lipinski definition) is 6. The molecular formula is C19H17N3O4. The number of ether oxygens (including phenoxy) is 1. The minimum absolute atomic E-state index is 0.169. The van der Waals surface area contributed by atoms with Crippen molar-refractivity contribution in [2.75, 3.05) is 6.61 Å². The molecule has 4 rings (SSSR count). The number of rotatable bonds is 4. The van der Waals surface area contributed by atoms with E-state index in [0.717, 1.165) is 0 Å². The maximum Gasteiger partial charge on any atom is 0.274 e. The van der Waals surface area contributed by atoms with E-state index in [1.807, 2.05) is 42.2 Å². The predicted molar refractivity (Wildman–Crippen MR) is 95.6 cm³/mol. The Hall–Kier alpha value is -3.32. The van der Waals surface area contributed by atoms with Crippen molar-refractivity contribution < 1.29 is 19.8 Å². The summed E-state index contributed by atoms with van der Waals surface area (Å²) in [5.41, 5.74) is 2.99. The second-order valence-corrected chi connectivity index (χ2v) is 6.36. The van der Waals surface area contributed by atoms with Crippen molar-refractivity contribution in [1.29, 1.82) is 0 Å². The normalized spacial score (nSPS) is 20.2. The van der Waals surface area contributed by atoms with Gasteiger partial charge in [0.1, 0.15) is 23.7 Å². The molecule has 2 aliphatic rings. The van der Waals surface area contributed by atoms with E-state index >= 15 is 0 Å². The van der Waals surface area contributed by atoms with Gasteiger partial charge in [-0.25, -0.2) is 10.5 Å². The second kappa shape index (κ2) is 5.89. The van der Waals surface area contributed by atoms with Crippen molar-refractivity contribution in [1.82, 2.24) is 10.4 Å². The molecule has 2 aliphatic heterocycles. The summed E-state index contributed by atoms with van der Waals surface area (Å²) in [5, 5.41) is 19.5. The van der Waals surface area contributed by atoms with Gasteiger partial charge < -0.3 is 14.7 Å². The minimum atomic E-state index is -0.748. The van der Waals surface area contributed by atoms with Crippen molar-refractivity contribution >= 4 is 23.6 Å². The number of hydrogen-bond donors (Lipinski definition) is 3. The molecule has 132 valence electrons. The van der Waals surface area contributed by atoms with Crippen LogP contribution in [0.25, 0.3) is 5.70 Å². The van der Waals surface area contributed by atoms with Crippen LogP contribution < -0.4 is 10.2 Å².